The second-order valence-electron chi connectivity index (χ2n) is 5.86. The zero-order chi connectivity index (χ0) is 13.0. The van der Waals surface area contributed by atoms with E-state index in [1.807, 2.05) is 0 Å². The Morgan fingerprint density at radius 2 is 1.67 bits per heavy atom. The van der Waals surface area contributed by atoms with E-state index in [0.717, 1.165) is 12.5 Å². The normalized spacial score (nSPS) is 19.9. The van der Waals surface area contributed by atoms with Gasteiger partial charge in [-0.3, -0.25) is 0 Å². The monoisotopic (exact) mass is 245 g/mol. The molecule has 0 heterocycles. The van der Waals surface area contributed by atoms with Crippen LogP contribution in [0, 0.1) is 5.92 Å². The molecule has 0 radical (unpaired) electrons. The van der Waals surface area contributed by atoms with Crippen molar-refractivity contribution in [2.24, 2.45) is 11.7 Å². The minimum atomic E-state index is 0.582. The zero-order valence-electron chi connectivity index (χ0n) is 11.9. The average Bonchev–Trinajstić information content (AvgIpc) is 2.93. The number of benzene rings is 1. The molecule has 1 heteroatoms. The Labute approximate surface area is 112 Å². The molecule has 0 bridgehead atoms. The summed E-state index contributed by atoms with van der Waals surface area (Å²) in [6.45, 7) is 5.35. The van der Waals surface area contributed by atoms with Crippen LogP contribution in [0.1, 0.15) is 68.9 Å². The lowest BCUT2D eigenvalue weighted by molar-refractivity contribution is 0.440. The van der Waals surface area contributed by atoms with Crippen LogP contribution in [0.2, 0.25) is 0 Å². The number of hydrogen-bond acceptors (Lipinski definition) is 1. The lowest BCUT2D eigenvalue weighted by atomic mass is 9.84. The molecule has 0 amide bonds. The van der Waals surface area contributed by atoms with Gasteiger partial charge in [0.2, 0.25) is 0 Å². The third-order valence-electron chi connectivity index (χ3n) is 4.77. The summed E-state index contributed by atoms with van der Waals surface area (Å²) in [7, 11) is 0. The summed E-state index contributed by atoms with van der Waals surface area (Å²) in [5.41, 5.74) is 8.93. The maximum absolute atomic E-state index is 6.01. The van der Waals surface area contributed by atoms with Gasteiger partial charge in [0.05, 0.1) is 0 Å². The molecule has 1 nitrogen and oxygen atoms in total. The van der Waals surface area contributed by atoms with Gasteiger partial charge in [0.1, 0.15) is 0 Å². The molecule has 0 aliphatic heterocycles. The van der Waals surface area contributed by atoms with Crippen LogP contribution in [0.5, 0.6) is 0 Å². The molecule has 0 aromatic heterocycles. The van der Waals surface area contributed by atoms with Gasteiger partial charge >= 0.3 is 0 Å². The molecule has 1 aliphatic carbocycles. The van der Waals surface area contributed by atoms with Crippen LogP contribution in [0.15, 0.2) is 24.3 Å². The summed E-state index contributed by atoms with van der Waals surface area (Å²) in [4.78, 5) is 0. The van der Waals surface area contributed by atoms with Gasteiger partial charge in [-0.05, 0) is 54.7 Å². The molecular weight excluding hydrogens is 218 g/mol. The number of nitrogens with two attached hydrogens (primary N) is 1. The Kier molecular flexibility index (Phi) is 4.82. The average molecular weight is 245 g/mol. The van der Waals surface area contributed by atoms with Crippen LogP contribution in [-0.4, -0.2) is 6.54 Å². The third kappa shape index (κ3) is 2.95. The fourth-order valence-corrected chi connectivity index (χ4v) is 3.27. The third-order valence-corrected chi connectivity index (χ3v) is 4.77. The van der Waals surface area contributed by atoms with E-state index < -0.39 is 0 Å². The van der Waals surface area contributed by atoms with Gasteiger partial charge < -0.3 is 5.73 Å². The molecule has 1 aromatic rings. The maximum Gasteiger partial charge on any atom is -0.000556 e. The summed E-state index contributed by atoms with van der Waals surface area (Å²) in [5.74, 6) is 2.07. The maximum atomic E-state index is 6.01. The molecule has 100 valence electrons. The van der Waals surface area contributed by atoms with Crippen LogP contribution in [-0.2, 0) is 0 Å². The SMILES string of the molecule is CCC(C)c1ccc(C(CN)C2CCCC2)cc1. The highest BCUT2D eigenvalue weighted by atomic mass is 14.6. The van der Waals surface area contributed by atoms with Crippen molar-refractivity contribution in [2.75, 3.05) is 6.54 Å². The van der Waals surface area contributed by atoms with E-state index in [2.05, 4.69) is 38.1 Å². The van der Waals surface area contributed by atoms with Gasteiger partial charge in [0.15, 0.2) is 0 Å². The number of rotatable bonds is 5. The molecule has 18 heavy (non-hydrogen) atoms. The largest absolute Gasteiger partial charge is 0.330 e. The minimum Gasteiger partial charge on any atom is -0.330 e. The highest BCUT2D eigenvalue weighted by Gasteiger charge is 2.25. The lowest BCUT2D eigenvalue weighted by Crippen LogP contribution is -2.19. The predicted octanol–water partition coefficient (Wildman–Crippen LogP) is 4.43. The molecule has 0 saturated heterocycles. The molecule has 1 saturated carbocycles. The van der Waals surface area contributed by atoms with Crippen molar-refractivity contribution in [3.05, 3.63) is 35.4 Å². The second kappa shape index (κ2) is 6.38. The summed E-state index contributed by atoms with van der Waals surface area (Å²) < 4.78 is 0. The van der Waals surface area contributed by atoms with Gasteiger partial charge in [0, 0.05) is 0 Å². The van der Waals surface area contributed by atoms with E-state index in [0.29, 0.717) is 11.8 Å². The van der Waals surface area contributed by atoms with Gasteiger partial charge in [-0.2, -0.15) is 0 Å². The van der Waals surface area contributed by atoms with Crippen molar-refractivity contribution in [2.45, 2.75) is 57.8 Å². The minimum absolute atomic E-state index is 0.582. The molecular formula is C17H27N. The van der Waals surface area contributed by atoms with E-state index >= 15 is 0 Å². The van der Waals surface area contributed by atoms with Crippen LogP contribution < -0.4 is 5.73 Å². The Morgan fingerprint density at radius 1 is 1.11 bits per heavy atom. The standard InChI is InChI=1S/C17H27N/c1-3-13(2)14-8-10-16(11-9-14)17(12-18)15-6-4-5-7-15/h8-11,13,15,17H,3-7,12,18H2,1-2H3. The van der Waals surface area contributed by atoms with Crippen LogP contribution in [0.3, 0.4) is 0 Å². The summed E-state index contributed by atoms with van der Waals surface area (Å²) in [6, 6.07) is 9.25. The Morgan fingerprint density at radius 3 is 2.17 bits per heavy atom. The van der Waals surface area contributed by atoms with Crippen molar-refractivity contribution in [1.29, 1.82) is 0 Å². The highest BCUT2D eigenvalue weighted by molar-refractivity contribution is 5.28. The molecule has 1 fully saturated rings. The van der Waals surface area contributed by atoms with E-state index in [4.69, 9.17) is 5.73 Å². The topological polar surface area (TPSA) is 26.0 Å². The smallest absolute Gasteiger partial charge is 0.000556 e. The fourth-order valence-electron chi connectivity index (χ4n) is 3.27. The highest BCUT2D eigenvalue weighted by Crippen LogP contribution is 2.37. The van der Waals surface area contributed by atoms with Crippen molar-refractivity contribution >= 4 is 0 Å². The molecule has 2 atom stereocenters. The van der Waals surface area contributed by atoms with E-state index in [9.17, 15) is 0 Å². The van der Waals surface area contributed by atoms with Crippen LogP contribution in [0.25, 0.3) is 0 Å². The molecule has 2 unspecified atom stereocenters. The van der Waals surface area contributed by atoms with Crippen molar-refractivity contribution in [3.63, 3.8) is 0 Å². The van der Waals surface area contributed by atoms with Crippen molar-refractivity contribution in [3.8, 4) is 0 Å². The Hall–Kier alpha value is -0.820. The quantitative estimate of drug-likeness (QED) is 0.815. The molecule has 2 N–H and O–H groups in total. The summed E-state index contributed by atoms with van der Waals surface area (Å²) >= 11 is 0. The van der Waals surface area contributed by atoms with Crippen LogP contribution in [0.4, 0.5) is 0 Å². The predicted molar refractivity (Wildman–Crippen MR) is 78.9 cm³/mol. The van der Waals surface area contributed by atoms with Gasteiger partial charge in [-0.25, -0.2) is 0 Å². The van der Waals surface area contributed by atoms with E-state index in [1.54, 1.807) is 0 Å². The van der Waals surface area contributed by atoms with Gasteiger partial charge in [0.25, 0.3) is 0 Å². The first-order chi connectivity index (χ1) is 8.76. The second-order valence-corrected chi connectivity index (χ2v) is 5.86. The van der Waals surface area contributed by atoms with E-state index in [-0.39, 0.29) is 0 Å². The molecule has 1 aromatic carbocycles. The fraction of sp³-hybridized carbons (Fsp3) is 0.647. The zero-order valence-corrected chi connectivity index (χ0v) is 11.9. The molecule has 1 aliphatic rings. The first-order valence-corrected chi connectivity index (χ1v) is 7.56. The lowest BCUT2D eigenvalue weighted by Gasteiger charge is -2.23. The first kappa shape index (κ1) is 13.6. The van der Waals surface area contributed by atoms with Crippen molar-refractivity contribution < 1.29 is 0 Å². The Bertz CT molecular complexity index is 348. The van der Waals surface area contributed by atoms with Crippen molar-refractivity contribution in [1.82, 2.24) is 0 Å². The van der Waals surface area contributed by atoms with Crippen LogP contribution >= 0.6 is 0 Å². The molecule has 2 rings (SSSR count). The van der Waals surface area contributed by atoms with Gasteiger partial charge in [-0.1, -0.05) is 51.0 Å². The number of hydrogen-bond donors (Lipinski definition) is 1. The summed E-state index contributed by atoms with van der Waals surface area (Å²) in [6.07, 6.45) is 6.74. The van der Waals surface area contributed by atoms with E-state index in [1.165, 1.54) is 43.2 Å². The summed E-state index contributed by atoms with van der Waals surface area (Å²) in [5, 5.41) is 0. The molecule has 0 spiro atoms. The Balaban J connectivity index is 2.11. The van der Waals surface area contributed by atoms with Gasteiger partial charge in [-0.15, -0.1) is 0 Å². The first-order valence-electron chi connectivity index (χ1n) is 7.56.